The lowest BCUT2D eigenvalue weighted by atomic mass is 10.2. The number of nitrogens with one attached hydrogen (secondary N) is 1. The van der Waals surface area contributed by atoms with Crippen LogP contribution >= 0.6 is 0 Å². The molecule has 4 heterocycles. The van der Waals surface area contributed by atoms with Crippen molar-refractivity contribution in [2.45, 2.75) is 13.3 Å². The number of carbonyl (C=O) groups is 1. The van der Waals surface area contributed by atoms with Crippen molar-refractivity contribution in [3.63, 3.8) is 0 Å². The molecule has 2 aliphatic heterocycles. The van der Waals surface area contributed by atoms with Crippen LogP contribution in [0.1, 0.15) is 13.3 Å². The van der Waals surface area contributed by atoms with Gasteiger partial charge in [0.05, 0.1) is 18.9 Å². The molecule has 0 bridgehead atoms. The van der Waals surface area contributed by atoms with Crippen LogP contribution in [-0.2, 0) is 9.53 Å². The molecule has 11 nitrogen and oxygen atoms in total. The zero-order valence-corrected chi connectivity index (χ0v) is 19.9. The molecule has 3 aromatic rings. The standard InChI is InChI=1S/C24H31N9O2/c1-18(34)30-9-2-10-32(12-11-30)22-17-21(7-8-26-22)33-23(25)28-24(29-33)27-19-3-5-20(6-4-19)31-13-15-35-16-14-31/h3-8,17H,2,9-16H2,1H3,(H3,25,27,28,29). The molecule has 2 aliphatic rings. The number of aromatic nitrogens is 4. The van der Waals surface area contributed by atoms with E-state index in [0.717, 1.165) is 69.6 Å². The third-order valence-electron chi connectivity index (χ3n) is 6.37. The molecule has 0 spiro atoms. The highest BCUT2D eigenvalue weighted by atomic mass is 16.5. The Morgan fingerprint density at radius 2 is 1.77 bits per heavy atom. The molecule has 2 saturated heterocycles. The average molecular weight is 478 g/mol. The Hall–Kier alpha value is -3.86. The van der Waals surface area contributed by atoms with E-state index >= 15 is 0 Å². The van der Waals surface area contributed by atoms with Crippen molar-refractivity contribution >= 4 is 35.0 Å². The molecule has 0 unspecified atom stereocenters. The van der Waals surface area contributed by atoms with E-state index in [9.17, 15) is 4.79 Å². The summed E-state index contributed by atoms with van der Waals surface area (Å²) in [6.45, 7) is 7.95. The number of pyridine rings is 1. The van der Waals surface area contributed by atoms with Gasteiger partial charge in [-0.15, -0.1) is 5.10 Å². The first-order valence-corrected chi connectivity index (χ1v) is 12.0. The van der Waals surface area contributed by atoms with E-state index < -0.39 is 0 Å². The fourth-order valence-electron chi connectivity index (χ4n) is 4.45. The molecule has 3 N–H and O–H groups in total. The summed E-state index contributed by atoms with van der Waals surface area (Å²) >= 11 is 0. The van der Waals surface area contributed by atoms with Crippen LogP contribution in [0.15, 0.2) is 42.6 Å². The van der Waals surface area contributed by atoms with Crippen molar-refractivity contribution in [1.29, 1.82) is 0 Å². The van der Waals surface area contributed by atoms with Crippen molar-refractivity contribution in [2.75, 3.05) is 73.3 Å². The van der Waals surface area contributed by atoms with Gasteiger partial charge in [-0.3, -0.25) is 4.79 Å². The highest BCUT2D eigenvalue weighted by molar-refractivity contribution is 5.73. The normalized spacial score (nSPS) is 16.8. The van der Waals surface area contributed by atoms with Crippen LogP contribution in [0, 0.1) is 0 Å². The van der Waals surface area contributed by atoms with Crippen LogP contribution in [0.2, 0.25) is 0 Å². The summed E-state index contributed by atoms with van der Waals surface area (Å²) < 4.78 is 7.04. The molecule has 1 aromatic carbocycles. The molecule has 0 radical (unpaired) electrons. The summed E-state index contributed by atoms with van der Waals surface area (Å²) in [5.74, 6) is 1.65. The summed E-state index contributed by atoms with van der Waals surface area (Å²) in [4.78, 5) is 27.1. The zero-order chi connectivity index (χ0) is 24.2. The number of nitrogens with zero attached hydrogens (tertiary/aromatic N) is 7. The number of carbonyl (C=O) groups excluding carboxylic acids is 1. The van der Waals surface area contributed by atoms with Gasteiger partial charge in [-0.1, -0.05) is 0 Å². The number of rotatable bonds is 5. The minimum absolute atomic E-state index is 0.111. The number of hydrogen-bond acceptors (Lipinski definition) is 9. The number of amides is 1. The van der Waals surface area contributed by atoms with Crippen LogP contribution in [0.25, 0.3) is 5.69 Å². The maximum Gasteiger partial charge on any atom is 0.248 e. The first kappa shape index (κ1) is 22.9. The predicted octanol–water partition coefficient (Wildman–Crippen LogP) is 1.88. The second-order valence-electron chi connectivity index (χ2n) is 8.70. The topological polar surface area (TPSA) is 118 Å². The largest absolute Gasteiger partial charge is 0.378 e. The van der Waals surface area contributed by atoms with Crippen LogP contribution in [-0.4, -0.2) is 83.0 Å². The summed E-state index contributed by atoms with van der Waals surface area (Å²) in [5, 5.41) is 7.81. The monoisotopic (exact) mass is 477 g/mol. The van der Waals surface area contributed by atoms with Gasteiger partial charge in [0.15, 0.2) is 0 Å². The highest BCUT2D eigenvalue weighted by Gasteiger charge is 2.19. The zero-order valence-electron chi connectivity index (χ0n) is 19.9. The number of nitrogens with two attached hydrogens (primary N) is 1. The predicted molar refractivity (Wildman–Crippen MR) is 135 cm³/mol. The third-order valence-corrected chi connectivity index (χ3v) is 6.37. The Morgan fingerprint density at radius 1 is 0.971 bits per heavy atom. The van der Waals surface area contributed by atoms with Crippen LogP contribution < -0.4 is 20.9 Å². The molecule has 35 heavy (non-hydrogen) atoms. The summed E-state index contributed by atoms with van der Waals surface area (Å²) in [7, 11) is 0. The summed E-state index contributed by atoms with van der Waals surface area (Å²) in [6, 6.07) is 12.0. The second-order valence-corrected chi connectivity index (χ2v) is 8.70. The van der Waals surface area contributed by atoms with E-state index in [4.69, 9.17) is 10.5 Å². The number of hydrogen-bond donors (Lipinski definition) is 2. The van der Waals surface area contributed by atoms with Gasteiger partial charge in [-0.05, 0) is 36.8 Å². The molecule has 0 atom stereocenters. The molecule has 2 fully saturated rings. The number of nitrogen functional groups attached to an aromatic ring is 1. The van der Waals surface area contributed by atoms with Gasteiger partial charge in [0.25, 0.3) is 0 Å². The van der Waals surface area contributed by atoms with E-state index in [-0.39, 0.29) is 11.9 Å². The second kappa shape index (κ2) is 10.2. The molecule has 11 heteroatoms. The Bertz CT molecular complexity index is 1160. The minimum Gasteiger partial charge on any atom is -0.378 e. The molecule has 5 rings (SSSR count). The summed E-state index contributed by atoms with van der Waals surface area (Å²) in [5.41, 5.74) is 9.04. The lowest BCUT2D eigenvalue weighted by molar-refractivity contribution is -0.128. The first-order valence-electron chi connectivity index (χ1n) is 12.0. The molecule has 0 saturated carbocycles. The first-order chi connectivity index (χ1) is 17.1. The lowest BCUT2D eigenvalue weighted by Gasteiger charge is -2.28. The quantitative estimate of drug-likeness (QED) is 0.568. The van der Waals surface area contributed by atoms with Gasteiger partial charge in [0, 0.05) is 69.8 Å². The van der Waals surface area contributed by atoms with Gasteiger partial charge in [-0.25, -0.2) is 4.98 Å². The van der Waals surface area contributed by atoms with Gasteiger partial charge in [-0.2, -0.15) is 9.67 Å². The van der Waals surface area contributed by atoms with Gasteiger partial charge in [0.2, 0.25) is 17.8 Å². The molecule has 0 aliphatic carbocycles. The summed E-state index contributed by atoms with van der Waals surface area (Å²) in [6.07, 6.45) is 2.65. The molecular formula is C24H31N9O2. The number of anilines is 5. The number of benzene rings is 1. The van der Waals surface area contributed by atoms with Crippen LogP contribution in [0.4, 0.5) is 29.1 Å². The average Bonchev–Trinajstić information content (AvgIpc) is 3.08. The fraction of sp³-hybridized carbons (Fsp3) is 0.417. The maximum atomic E-state index is 11.7. The minimum atomic E-state index is 0.111. The van der Waals surface area contributed by atoms with Gasteiger partial charge < -0.3 is 30.5 Å². The van der Waals surface area contributed by atoms with Crippen LogP contribution in [0.5, 0.6) is 0 Å². The van der Waals surface area contributed by atoms with Crippen molar-refractivity contribution in [1.82, 2.24) is 24.6 Å². The third kappa shape index (κ3) is 5.29. The Kier molecular flexibility index (Phi) is 6.66. The molecule has 184 valence electrons. The van der Waals surface area contributed by atoms with Crippen molar-refractivity contribution < 1.29 is 9.53 Å². The van der Waals surface area contributed by atoms with E-state index in [1.807, 2.05) is 29.2 Å². The van der Waals surface area contributed by atoms with Crippen molar-refractivity contribution in [2.24, 2.45) is 0 Å². The van der Waals surface area contributed by atoms with E-state index in [1.54, 1.807) is 17.8 Å². The maximum absolute atomic E-state index is 11.7. The van der Waals surface area contributed by atoms with Crippen molar-refractivity contribution in [3.8, 4) is 5.69 Å². The Labute approximate surface area is 204 Å². The molecule has 1 amide bonds. The lowest BCUT2D eigenvalue weighted by Crippen LogP contribution is -2.36. The van der Waals surface area contributed by atoms with E-state index in [1.165, 1.54) is 5.69 Å². The van der Waals surface area contributed by atoms with Crippen LogP contribution in [0.3, 0.4) is 0 Å². The van der Waals surface area contributed by atoms with Gasteiger partial charge >= 0.3 is 0 Å². The molecular weight excluding hydrogens is 446 g/mol. The highest BCUT2D eigenvalue weighted by Crippen LogP contribution is 2.23. The van der Waals surface area contributed by atoms with Gasteiger partial charge in [0.1, 0.15) is 5.82 Å². The Morgan fingerprint density at radius 3 is 2.54 bits per heavy atom. The van der Waals surface area contributed by atoms with E-state index in [0.29, 0.717) is 12.5 Å². The fourth-order valence-corrected chi connectivity index (χ4v) is 4.45. The Balaban J connectivity index is 1.28. The smallest absolute Gasteiger partial charge is 0.248 e. The SMILES string of the molecule is CC(=O)N1CCCN(c2cc(-n3nc(Nc4ccc(N5CCOCC5)cc4)nc3N)ccn2)CC1. The van der Waals surface area contributed by atoms with E-state index in [2.05, 4.69) is 42.3 Å². The van der Waals surface area contributed by atoms with Crippen molar-refractivity contribution in [3.05, 3.63) is 42.6 Å². The number of morpholine rings is 1. The number of ether oxygens (including phenoxy) is 1. The molecule has 2 aromatic heterocycles.